The van der Waals surface area contributed by atoms with Crippen LogP contribution in [0, 0.1) is 0 Å². The van der Waals surface area contributed by atoms with E-state index in [0.29, 0.717) is 23.9 Å². The number of likely N-dealkylation sites (N-methyl/N-ethyl adjacent to an activating group) is 1. The van der Waals surface area contributed by atoms with Crippen molar-refractivity contribution in [1.29, 1.82) is 0 Å². The molecular weight excluding hydrogens is 876 g/mol. The lowest BCUT2D eigenvalue weighted by atomic mass is 10.0. The van der Waals surface area contributed by atoms with E-state index in [2.05, 4.69) is 19.2 Å². The smallest absolute Gasteiger partial charge is 0.391 e. The van der Waals surface area contributed by atoms with Crippen molar-refractivity contribution in [1.82, 2.24) is 5.32 Å². The first-order chi connectivity index (χ1) is 33.5. The number of carbonyl (C=O) groups is 1. The van der Waals surface area contributed by atoms with Crippen molar-refractivity contribution in [2.24, 2.45) is 0 Å². The molecule has 0 heterocycles. The summed E-state index contributed by atoms with van der Waals surface area (Å²) in [6, 6.07) is -0.755. The molecule has 0 saturated carbocycles. The Morgan fingerprint density at radius 2 is 0.696 bits per heavy atom. The minimum absolute atomic E-state index is 0.0792. The molecule has 69 heavy (non-hydrogen) atoms. The van der Waals surface area contributed by atoms with Gasteiger partial charge in [-0.1, -0.05) is 309 Å². The second-order valence-corrected chi connectivity index (χ2v) is 24.3. The molecule has 0 aliphatic heterocycles. The van der Waals surface area contributed by atoms with Crippen LogP contribution in [-0.4, -0.2) is 73.4 Å². The van der Waals surface area contributed by atoms with Crippen LogP contribution in [0.5, 0.6) is 0 Å². The van der Waals surface area contributed by atoms with Gasteiger partial charge in [0, 0.05) is 6.42 Å². The van der Waals surface area contributed by atoms with Crippen LogP contribution in [-0.2, 0) is 18.4 Å². The maximum absolute atomic E-state index is 13.0. The predicted molar refractivity (Wildman–Crippen MR) is 300 cm³/mol. The molecule has 0 aliphatic carbocycles. The van der Waals surface area contributed by atoms with E-state index in [1.165, 1.54) is 263 Å². The molecule has 0 aromatic heterocycles. The van der Waals surface area contributed by atoms with Gasteiger partial charge >= 0.3 is 7.82 Å². The first kappa shape index (κ1) is 68.5. The molecule has 0 rings (SSSR count). The van der Waals surface area contributed by atoms with Crippen LogP contribution < -0.4 is 5.32 Å². The lowest BCUT2D eigenvalue weighted by molar-refractivity contribution is -0.870. The first-order valence-corrected chi connectivity index (χ1v) is 32.4. The summed E-state index contributed by atoms with van der Waals surface area (Å²) in [5.74, 6) is -0.135. The topological polar surface area (TPSA) is 105 Å². The Morgan fingerprint density at radius 3 is 0.971 bits per heavy atom. The van der Waals surface area contributed by atoms with Crippen molar-refractivity contribution in [3.8, 4) is 0 Å². The van der Waals surface area contributed by atoms with Crippen LogP contribution in [0.4, 0.5) is 0 Å². The number of phosphoric acid groups is 1. The van der Waals surface area contributed by atoms with Gasteiger partial charge in [-0.25, -0.2) is 4.57 Å². The van der Waals surface area contributed by atoms with Crippen LogP contribution in [0.25, 0.3) is 0 Å². The molecule has 1 amide bonds. The van der Waals surface area contributed by atoms with Gasteiger partial charge in [0.2, 0.25) is 5.91 Å². The normalized spacial score (nSPS) is 13.8. The van der Waals surface area contributed by atoms with E-state index >= 15 is 0 Å². The molecule has 9 heteroatoms. The summed E-state index contributed by atoms with van der Waals surface area (Å²) in [5, 5.41) is 14.1. The number of aliphatic hydroxyl groups is 1. The number of quaternary nitrogens is 1. The highest BCUT2D eigenvalue weighted by Gasteiger charge is 2.28. The van der Waals surface area contributed by atoms with Crippen LogP contribution in [0.3, 0.4) is 0 Å². The highest BCUT2D eigenvalue weighted by molar-refractivity contribution is 7.47. The fourth-order valence-corrected chi connectivity index (χ4v) is 10.5. The van der Waals surface area contributed by atoms with Crippen molar-refractivity contribution < 1.29 is 32.9 Å². The van der Waals surface area contributed by atoms with Crippen LogP contribution >= 0.6 is 7.82 Å². The molecule has 0 aromatic rings. The molecule has 0 bridgehead atoms. The van der Waals surface area contributed by atoms with Crippen LogP contribution in [0.2, 0.25) is 0 Å². The quantitative estimate of drug-likeness (QED) is 0.0318. The molecule has 3 atom stereocenters. The number of hydrogen-bond acceptors (Lipinski definition) is 5. The molecular formula is C60H124N2O6P+. The Morgan fingerprint density at radius 1 is 0.435 bits per heavy atom. The maximum atomic E-state index is 13.0. The zero-order valence-electron chi connectivity index (χ0n) is 47.3. The number of hydrogen-bond donors (Lipinski definition) is 3. The third kappa shape index (κ3) is 55.1. The summed E-state index contributed by atoms with van der Waals surface area (Å²) in [5.41, 5.74) is 0. The zero-order valence-corrected chi connectivity index (χ0v) is 48.2. The third-order valence-electron chi connectivity index (χ3n) is 14.6. The average molecular weight is 1000 g/mol. The van der Waals surface area contributed by atoms with E-state index in [4.69, 9.17) is 9.05 Å². The van der Waals surface area contributed by atoms with Gasteiger partial charge in [0.05, 0.1) is 39.9 Å². The van der Waals surface area contributed by atoms with Gasteiger partial charge in [-0.3, -0.25) is 13.8 Å². The first-order valence-electron chi connectivity index (χ1n) is 30.9. The van der Waals surface area contributed by atoms with E-state index in [9.17, 15) is 19.4 Å². The molecule has 414 valence electrons. The summed E-state index contributed by atoms with van der Waals surface area (Å²) in [6.07, 6.45) is 63.2. The van der Waals surface area contributed by atoms with Crippen molar-refractivity contribution in [2.75, 3.05) is 40.9 Å². The Kier molecular flexibility index (Phi) is 52.0. The number of phosphoric ester groups is 1. The molecule has 0 saturated heterocycles. The van der Waals surface area contributed by atoms with E-state index in [1.54, 1.807) is 0 Å². The number of rotatable bonds is 58. The molecule has 8 nitrogen and oxygen atoms in total. The largest absolute Gasteiger partial charge is 0.472 e. The highest BCUT2D eigenvalue weighted by atomic mass is 31.2. The minimum Gasteiger partial charge on any atom is -0.391 e. The fraction of sp³-hybridized carbons (Fsp3) is 0.983. The number of amides is 1. The lowest BCUT2D eigenvalue weighted by Gasteiger charge is -2.26. The van der Waals surface area contributed by atoms with Crippen LogP contribution in [0.15, 0.2) is 0 Å². The average Bonchev–Trinajstić information content (AvgIpc) is 3.31. The predicted octanol–water partition coefficient (Wildman–Crippen LogP) is 18.8. The van der Waals surface area contributed by atoms with Gasteiger partial charge in [0.1, 0.15) is 13.2 Å². The summed E-state index contributed by atoms with van der Waals surface area (Å²) in [7, 11) is 1.64. The number of carbonyl (C=O) groups excluding carboxylic acids is 1. The van der Waals surface area contributed by atoms with Gasteiger partial charge in [-0.15, -0.1) is 0 Å². The Labute approximate surface area is 431 Å². The SMILES string of the molecule is CCCCCCCCCCCCCCCCCCCCCCCCCCCCCCCCC(=O)NC(COP(=O)(O)OCC[N+](C)(C)C)C(O)CCCCCCCCCCCCCCCCCCC. The summed E-state index contributed by atoms with van der Waals surface area (Å²) >= 11 is 0. The summed E-state index contributed by atoms with van der Waals surface area (Å²) < 4.78 is 23.8. The Hall–Kier alpha value is -0.500. The number of aliphatic hydroxyl groups excluding tert-OH is 1. The number of nitrogens with zero attached hydrogens (tertiary/aromatic N) is 1. The Bertz CT molecular complexity index is 1090. The molecule has 0 fully saturated rings. The standard InChI is InChI=1S/C60H123N2O6P/c1-6-8-10-12-14-16-18-20-22-24-25-26-27-28-29-30-31-32-33-34-35-36-38-40-42-44-46-48-50-52-54-60(64)61-58(57-68-69(65,66)67-56-55-62(3,4)5)59(63)53-51-49-47-45-43-41-39-37-23-21-19-17-15-13-11-9-7-2/h58-59,63H,6-57H2,1-5H3,(H-,61,64,65,66)/p+1. The van der Waals surface area contributed by atoms with Crippen molar-refractivity contribution in [3.05, 3.63) is 0 Å². The molecule has 0 aromatic carbocycles. The van der Waals surface area contributed by atoms with Gasteiger partial charge in [-0.05, 0) is 12.8 Å². The van der Waals surface area contributed by atoms with Gasteiger partial charge in [0.25, 0.3) is 0 Å². The third-order valence-corrected chi connectivity index (χ3v) is 15.6. The summed E-state index contributed by atoms with van der Waals surface area (Å²) in [4.78, 5) is 23.4. The molecule has 0 aliphatic rings. The number of unbranched alkanes of at least 4 members (excludes halogenated alkanes) is 45. The van der Waals surface area contributed by atoms with E-state index in [-0.39, 0.29) is 19.1 Å². The fourth-order valence-electron chi connectivity index (χ4n) is 9.76. The van der Waals surface area contributed by atoms with Gasteiger partial charge in [-0.2, -0.15) is 0 Å². The molecule has 0 radical (unpaired) electrons. The second-order valence-electron chi connectivity index (χ2n) is 22.8. The van der Waals surface area contributed by atoms with Gasteiger partial charge < -0.3 is 19.8 Å². The lowest BCUT2D eigenvalue weighted by Crippen LogP contribution is -2.46. The summed E-state index contributed by atoms with van der Waals surface area (Å²) in [6.45, 7) is 4.95. The molecule has 3 N–H and O–H groups in total. The van der Waals surface area contributed by atoms with Crippen LogP contribution in [0.1, 0.15) is 328 Å². The van der Waals surface area contributed by atoms with E-state index < -0.39 is 20.0 Å². The molecule has 3 unspecified atom stereocenters. The minimum atomic E-state index is -4.32. The van der Waals surface area contributed by atoms with Gasteiger partial charge in [0.15, 0.2) is 0 Å². The van der Waals surface area contributed by atoms with Crippen molar-refractivity contribution in [2.45, 2.75) is 341 Å². The zero-order chi connectivity index (χ0) is 50.6. The Balaban J connectivity index is 4.00. The van der Waals surface area contributed by atoms with Crippen molar-refractivity contribution >= 4 is 13.7 Å². The highest BCUT2D eigenvalue weighted by Crippen LogP contribution is 2.43. The molecule has 0 spiro atoms. The monoisotopic (exact) mass is 1000 g/mol. The van der Waals surface area contributed by atoms with E-state index in [0.717, 1.165) is 38.5 Å². The second kappa shape index (κ2) is 52.4. The van der Waals surface area contributed by atoms with Crippen molar-refractivity contribution in [3.63, 3.8) is 0 Å². The number of nitrogens with one attached hydrogen (secondary N) is 1. The van der Waals surface area contributed by atoms with E-state index in [1.807, 2.05) is 21.1 Å². The maximum Gasteiger partial charge on any atom is 0.472 e.